The summed E-state index contributed by atoms with van der Waals surface area (Å²) in [6, 6.07) is 6.07. The Labute approximate surface area is 117 Å². The third-order valence-corrected chi connectivity index (χ3v) is 3.57. The molecule has 0 saturated heterocycles. The molecule has 2 unspecified atom stereocenters. The minimum absolute atomic E-state index is 0.0538. The summed E-state index contributed by atoms with van der Waals surface area (Å²) in [5.74, 6) is 1.35. The molecule has 0 saturated carbocycles. The second-order valence-electron chi connectivity index (χ2n) is 6.03. The summed E-state index contributed by atoms with van der Waals surface area (Å²) >= 11 is 0. The molecule has 3 rings (SSSR count). The Bertz CT molecular complexity index is 653. The summed E-state index contributed by atoms with van der Waals surface area (Å²) in [5.41, 5.74) is 4.18. The fourth-order valence-electron chi connectivity index (χ4n) is 2.66. The highest BCUT2D eigenvalue weighted by Crippen LogP contribution is 2.43. The van der Waals surface area contributed by atoms with Crippen LogP contribution in [0.15, 0.2) is 44.2 Å². The van der Waals surface area contributed by atoms with Gasteiger partial charge in [-0.1, -0.05) is 20.8 Å². The molecule has 0 fully saturated rings. The largest absolute Gasteiger partial charge is 0.469 e. The average Bonchev–Trinajstić information content (AvgIpc) is 3.06. The zero-order valence-electron chi connectivity index (χ0n) is 11.7. The molecular formula is C15H16N4O. The van der Waals surface area contributed by atoms with E-state index >= 15 is 0 Å². The molecule has 0 bridgehead atoms. The Kier molecular flexibility index (Phi) is 2.75. The predicted molar refractivity (Wildman–Crippen MR) is 76.1 cm³/mol. The quantitative estimate of drug-likeness (QED) is 0.851. The molecule has 0 aromatic carbocycles. The lowest BCUT2D eigenvalue weighted by Gasteiger charge is -2.30. The highest BCUT2D eigenvalue weighted by Gasteiger charge is 2.41. The summed E-state index contributed by atoms with van der Waals surface area (Å²) < 4.78 is 5.54. The molecule has 5 heteroatoms. The van der Waals surface area contributed by atoms with E-state index in [1.165, 1.54) is 0 Å². The van der Waals surface area contributed by atoms with Gasteiger partial charge in [-0.2, -0.15) is 10.4 Å². The summed E-state index contributed by atoms with van der Waals surface area (Å²) in [6.45, 7) is 6.16. The number of aliphatic imine (C=N–C) groups is 1. The molecule has 20 heavy (non-hydrogen) atoms. The lowest BCUT2D eigenvalue weighted by molar-refractivity contribution is 0.449. The van der Waals surface area contributed by atoms with Crippen LogP contribution in [-0.2, 0) is 0 Å². The average molecular weight is 268 g/mol. The molecule has 3 heterocycles. The van der Waals surface area contributed by atoms with Gasteiger partial charge in [0, 0.05) is 11.6 Å². The highest BCUT2D eigenvalue weighted by atomic mass is 16.3. The van der Waals surface area contributed by atoms with Crippen LogP contribution in [0.4, 0.5) is 0 Å². The van der Waals surface area contributed by atoms with Crippen LogP contribution in [0.5, 0.6) is 0 Å². The van der Waals surface area contributed by atoms with Gasteiger partial charge in [0.1, 0.15) is 11.6 Å². The van der Waals surface area contributed by atoms with Gasteiger partial charge >= 0.3 is 0 Å². The molecular weight excluding hydrogens is 252 g/mol. The Morgan fingerprint density at radius 2 is 2.20 bits per heavy atom. The zero-order valence-corrected chi connectivity index (χ0v) is 11.7. The van der Waals surface area contributed by atoms with Crippen LogP contribution in [0, 0.1) is 22.7 Å². The summed E-state index contributed by atoms with van der Waals surface area (Å²) in [6.07, 6.45) is 3.43. The second kappa shape index (κ2) is 4.34. The maximum Gasteiger partial charge on any atom is 0.132 e. The van der Waals surface area contributed by atoms with E-state index < -0.39 is 0 Å². The van der Waals surface area contributed by atoms with Crippen molar-refractivity contribution in [1.82, 2.24) is 5.43 Å². The zero-order chi connectivity index (χ0) is 14.3. The second-order valence-corrected chi connectivity index (χ2v) is 6.03. The third-order valence-electron chi connectivity index (χ3n) is 3.57. The Balaban J connectivity index is 2.20. The molecule has 1 aromatic rings. The summed E-state index contributed by atoms with van der Waals surface area (Å²) in [7, 11) is 0. The van der Waals surface area contributed by atoms with Gasteiger partial charge in [-0.15, -0.1) is 0 Å². The van der Waals surface area contributed by atoms with E-state index in [1.807, 2.05) is 12.1 Å². The van der Waals surface area contributed by atoms with E-state index in [0.29, 0.717) is 5.57 Å². The summed E-state index contributed by atoms with van der Waals surface area (Å²) in [5, 5.41) is 13.7. The van der Waals surface area contributed by atoms with Crippen LogP contribution in [0.3, 0.4) is 0 Å². The van der Waals surface area contributed by atoms with Crippen LogP contribution in [0.2, 0.25) is 0 Å². The van der Waals surface area contributed by atoms with Crippen molar-refractivity contribution in [2.24, 2.45) is 21.4 Å². The maximum atomic E-state index is 9.63. The number of nitrogens with one attached hydrogen (secondary N) is 1. The Morgan fingerprint density at radius 3 is 2.80 bits per heavy atom. The van der Waals surface area contributed by atoms with Gasteiger partial charge in [-0.3, -0.25) is 5.43 Å². The van der Waals surface area contributed by atoms with Gasteiger partial charge in [0.05, 0.1) is 35.4 Å². The standard InChI is InChI=1S/C15H16N4O/c1-15(2,3)13-9(7-16)12(11-5-4-6-20-11)10-8-17-19-14(10)18-13/h4-6,8,10,12H,1-3H3,(H,18,19). The number of hydrogen-bond acceptors (Lipinski definition) is 5. The van der Waals surface area contributed by atoms with Crippen molar-refractivity contribution < 1.29 is 4.42 Å². The van der Waals surface area contributed by atoms with Gasteiger partial charge in [-0.25, -0.2) is 4.99 Å². The Morgan fingerprint density at radius 1 is 1.40 bits per heavy atom. The third kappa shape index (κ3) is 1.85. The lowest BCUT2D eigenvalue weighted by atomic mass is 9.76. The molecule has 2 aliphatic heterocycles. The fourth-order valence-corrected chi connectivity index (χ4v) is 2.66. The van der Waals surface area contributed by atoms with Crippen molar-refractivity contribution >= 4 is 12.1 Å². The van der Waals surface area contributed by atoms with Crippen molar-refractivity contribution in [3.63, 3.8) is 0 Å². The van der Waals surface area contributed by atoms with Crippen LogP contribution in [-0.4, -0.2) is 12.1 Å². The summed E-state index contributed by atoms with van der Waals surface area (Å²) in [4.78, 5) is 4.62. The van der Waals surface area contributed by atoms with E-state index in [-0.39, 0.29) is 17.3 Å². The van der Waals surface area contributed by atoms with Gasteiger partial charge < -0.3 is 4.42 Å². The number of furan rings is 1. The maximum absolute atomic E-state index is 9.63. The SMILES string of the molecule is CC(C)(C)C1=C(C#N)C(c2ccco2)C2C=NNC2=N1. The molecule has 102 valence electrons. The van der Waals surface area contributed by atoms with E-state index in [2.05, 4.69) is 42.4 Å². The van der Waals surface area contributed by atoms with Crippen molar-refractivity contribution in [1.29, 1.82) is 5.26 Å². The van der Waals surface area contributed by atoms with Crippen molar-refractivity contribution in [2.45, 2.75) is 26.7 Å². The number of hydrazone groups is 1. The van der Waals surface area contributed by atoms with Crippen LogP contribution >= 0.6 is 0 Å². The predicted octanol–water partition coefficient (Wildman–Crippen LogP) is 2.80. The minimum Gasteiger partial charge on any atom is -0.469 e. The van der Waals surface area contributed by atoms with Crippen LogP contribution in [0.1, 0.15) is 32.4 Å². The van der Waals surface area contributed by atoms with Crippen LogP contribution in [0.25, 0.3) is 0 Å². The molecule has 0 aliphatic carbocycles. The normalized spacial score (nSPS) is 25.0. The van der Waals surface area contributed by atoms with Crippen molar-refractivity contribution in [3.8, 4) is 6.07 Å². The first-order valence-corrected chi connectivity index (χ1v) is 6.58. The number of allylic oxidation sites excluding steroid dienone is 2. The first-order valence-electron chi connectivity index (χ1n) is 6.58. The number of nitriles is 1. The molecule has 1 aromatic heterocycles. The number of fused-ring (bicyclic) bond motifs is 1. The number of nitrogens with zero attached hydrogens (tertiary/aromatic N) is 3. The molecule has 2 aliphatic rings. The molecule has 0 spiro atoms. The van der Waals surface area contributed by atoms with Gasteiger partial charge in [-0.05, 0) is 12.1 Å². The van der Waals surface area contributed by atoms with Crippen molar-refractivity contribution in [2.75, 3.05) is 0 Å². The first-order chi connectivity index (χ1) is 9.52. The van der Waals surface area contributed by atoms with E-state index in [4.69, 9.17) is 4.42 Å². The van der Waals surface area contributed by atoms with Crippen LogP contribution < -0.4 is 5.43 Å². The van der Waals surface area contributed by atoms with Crippen molar-refractivity contribution in [3.05, 3.63) is 35.4 Å². The lowest BCUT2D eigenvalue weighted by Crippen LogP contribution is -2.33. The van der Waals surface area contributed by atoms with Gasteiger partial charge in [0.15, 0.2) is 0 Å². The first kappa shape index (κ1) is 12.7. The molecule has 2 atom stereocenters. The van der Waals surface area contributed by atoms with Gasteiger partial charge in [0.25, 0.3) is 0 Å². The molecule has 0 amide bonds. The Hall–Kier alpha value is -2.35. The van der Waals surface area contributed by atoms with Gasteiger partial charge in [0.2, 0.25) is 0 Å². The minimum atomic E-state index is -0.210. The van der Waals surface area contributed by atoms with E-state index in [9.17, 15) is 5.26 Å². The highest BCUT2D eigenvalue weighted by molar-refractivity contribution is 6.03. The molecule has 0 radical (unpaired) electrons. The number of amidine groups is 1. The fraction of sp³-hybridized carbons (Fsp3) is 0.400. The topological polar surface area (TPSA) is 73.7 Å². The number of hydrogen-bond donors (Lipinski definition) is 1. The molecule has 5 nitrogen and oxygen atoms in total. The number of rotatable bonds is 1. The smallest absolute Gasteiger partial charge is 0.132 e. The monoisotopic (exact) mass is 268 g/mol. The van der Waals surface area contributed by atoms with E-state index in [0.717, 1.165) is 17.3 Å². The molecule has 1 N–H and O–H groups in total. The van der Waals surface area contributed by atoms with E-state index in [1.54, 1.807) is 12.5 Å².